The van der Waals surface area contributed by atoms with Crippen molar-refractivity contribution >= 4 is 0 Å². The van der Waals surface area contributed by atoms with Crippen molar-refractivity contribution in [3.05, 3.63) is 35.9 Å². The number of aliphatic hydroxyl groups is 1. The molecule has 0 spiro atoms. The van der Waals surface area contributed by atoms with Gasteiger partial charge in [-0.15, -0.1) is 0 Å². The Labute approximate surface area is 91.3 Å². The van der Waals surface area contributed by atoms with Gasteiger partial charge in [0.15, 0.2) is 0 Å². The number of rotatable bonds is 5. The fourth-order valence-corrected chi connectivity index (χ4v) is 1.80. The Balaban J connectivity index is 1.85. The van der Waals surface area contributed by atoms with Crippen LogP contribution < -0.4 is 5.32 Å². The van der Waals surface area contributed by atoms with Crippen LogP contribution in [-0.4, -0.2) is 18.3 Å². The molecule has 15 heavy (non-hydrogen) atoms. The molecule has 1 aliphatic rings. The van der Waals surface area contributed by atoms with E-state index in [0.717, 1.165) is 19.4 Å². The molecule has 0 bridgehead atoms. The zero-order valence-corrected chi connectivity index (χ0v) is 9.24. The summed E-state index contributed by atoms with van der Waals surface area (Å²) in [6.45, 7) is 3.42. The average molecular weight is 205 g/mol. The van der Waals surface area contributed by atoms with E-state index in [4.69, 9.17) is 0 Å². The van der Waals surface area contributed by atoms with E-state index in [2.05, 4.69) is 36.5 Å². The average Bonchev–Trinajstić information content (AvgIpc) is 3.08. The van der Waals surface area contributed by atoms with E-state index in [1.165, 1.54) is 5.56 Å². The molecule has 0 aromatic heterocycles. The SMILES string of the molecule is CC(NCC1(CO)CC1)c1ccccc1. The van der Waals surface area contributed by atoms with Gasteiger partial charge in [0.05, 0.1) is 0 Å². The maximum atomic E-state index is 9.20. The lowest BCUT2D eigenvalue weighted by molar-refractivity contribution is 0.204. The molecule has 1 saturated carbocycles. The molecule has 0 radical (unpaired) electrons. The van der Waals surface area contributed by atoms with Gasteiger partial charge < -0.3 is 10.4 Å². The summed E-state index contributed by atoms with van der Waals surface area (Å²) >= 11 is 0. The Morgan fingerprint density at radius 3 is 2.53 bits per heavy atom. The van der Waals surface area contributed by atoms with Gasteiger partial charge in [-0.05, 0) is 25.3 Å². The van der Waals surface area contributed by atoms with Crippen LogP contribution >= 0.6 is 0 Å². The summed E-state index contributed by atoms with van der Waals surface area (Å²) < 4.78 is 0. The first-order valence-electron chi connectivity index (χ1n) is 5.65. The van der Waals surface area contributed by atoms with E-state index >= 15 is 0 Å². The first-order chi connectivity index (χ1) is 7.26. The van der Waals surface area contributed by atoms with E-state index in [0.29, 0.717) is 12.6 Å². The van der Waals surface area contributed by atoms with Crippen molar-refractivity contribution in [2.75, 3.05) is 13.2 Å². The lowest BCUT2D eigenvalue weighted by atomic mass is 10.1. The summed E-state index contributed by atoms with van der Waals surface area (Å²) in [5.41, 5.74) is 1.51. The molecule has 0 aliphatic heterocycles. The van der Waals surface area contributed by atoms with Crippen LogP contribution in [0.1, 0.15) is 31.4 Å². The second kappa shape index (κ2) is 4.33. The Hall–Kier alpha value is -0.860. The molecule has 1 aromatic carbocycles. The van der Waals surface area contributed by atoms with Crippen LogP contribution in [0.25, 0.3) is 0 Å². The van der Waals surface area contributed by atoms with Gasteiger partial charge in [0.2, 0.25) is 0 Å². The topological polar surface area (TPSA) is 32.3 Å². The molecule has 2 N–H and O–H groups in total. The van der Waals surface area contributed by atoms with Crippen LogP contribution in [-0.2, 0) is 0 Å². The summed E-state index contributed by atoms with van der Waals surface area (Å²) in [7, 11) is 0. The van der Waals surface area contributed by atoms with Gasteiger partial charge in [0, 0.05) is 24.6 Å². The number of hydrogen-bond donors (Lipinski definition) is 2. The molecule has 1 unspecified atom stereocenters. The van der Waals surface area contributed by atoms with Crippen molar-refractivity contribution in [1.29, 1.82) is 0 Å². The first-order valence-corrected chi connectivity index (χ1v) is 5.65. The minimum atomic E-state index is 0.197. The highest BCUT2D eigenvalue weighted by Crippen LogP contribution is 2.44. The van der Waals surface area contributed by atoms with Crippen molar-refractivity contribution in [3.63, 3.8) is 0 Å². The normalized spacial score (nSPS) is 19.9. The van der Waals surface area contributed by atoms with E-state index in [-0.39, 0.29) is 5.41 Å². The Kier molecular flexibility index (Phi) is 3.08. The summed E-state index contributed by atoms with van der Waals surface area (Å²) in [5, 5.41) is 12.7. The highest BCUT2D eigenvalue weighted by atomic mass is 16.3. The van der Waals surface area contributed by atoms with Gasteiger partial charge in [-0.3, -0.25) is 0 Å². The van der Waals surface area contributed by atoms with Gasteiger partial charge in [0.25, 0.3) is 0 Å². The van der Waals surface area contributed by atoms with Crippen LogP contribution in [0, 0.1) is 5.41 Å². The molecule has 1 fully saturated rings. The van der Waals surface area contributed by atoms with E-state index in [1.807, 2.05) is 6.07 Å². The van der Waals surface area contributed by atoms with Gasteiger partial charge in [0.1, 0.15) is 0 Å². The van der Waals surface area contributed by atoms with Gasteiger partial charge in [-0.2, -0.15) is 0 Å². The van der Waals surface area contributed by atoms with Crippen molar-refractivity contribution in [2.24, 2.45) is 5.41 Å². The van der Waals surface area contributed by atoms with Gasteiger partial charge in [-0.1, -0.05) is 30.3 Å². The molecule has 0 heterocycles. The fraction of sp³-hybridized carbons (Fsp3) is 0.538. The standard InChI is InChI=1S/C13H19NO/c1-11(12-5-3-2-4-6-12)14-9-13(10-15)7-8-13/h2-6,11,14-15H,7-10H2,1H3. The van der Waals surface area contributed by atoms with E-state index < -0.39 is 0 Å². The molecule has 2 rings (SSSR count). The minimum Gasteiger partial charge on any atom is -0.396 e. The molecular formula is C13H19NO. The smallest absolute Gasteiger partial charge is 0.0499 e. The third-order valence-corrected chi connectivity index (χ3v) is 3.38. The zero-order valence-electron chi connectivity index (χ0n) is 9.24. The summed E-state index contributed by atoms with van der Waals surface area (Å²) in [6, 6.07) is 10.8. The van der Waals surface area contributed by atoms with Crippen LogP contribution in [0.5, 0.6) is 0 Å². The van der Waals surface area contributed by atoms with E-state index in [1.54, 1.807) is 0 Å². The van der Waals surface area contributed by atoms with Crippen molar-refractivity contribution in [1.82, 2.24) is 5.32 Å². The van der Waals surface area contributed by atoms with Crippen molar-refractivity contribution in [3.8, 4) is 0 Å². The highest BCUT2D eigenvalue weighted by Gasteiger charge is 2.41. The molecule has 1 aliphatic carbocycles. The Bertz CT molecular complexity index is 306. The second-order valence-corrected chi connectivity index (χ2v) is 4.67. The Morgan fingerprint density at radius 1 is 1.33 bits per heavy atom. The molecule has 1 aromatic rings. The van der Waals surface area contributed by atoms with Crippen LogP contribution in [0.3, 0.4) is 0 Å². The number of benzene rings is 1. The molecule has 0 saturated heterocycles. The van der Waals surface area contributed by atoms with Crippen LogP contribution in [0.4, 0.5) is 0 Å². The van der Waals surface area contributed by atoms with Gasteiger partial charge >= 0.3 is 0 Å². The third-order valence-electron chi connectivity index (χ3n) is 3.38. The first kappa shape index (κ1) is 10.7. The maximum absolute atomic E-state index is 9.20. The quantitative estimate of drug-likeness (QED) is 0.771. The number of hydrogen-bond acceptors (Lipinski definition) is 2. The molecule has 2 heteroatoms. The predicted molar refractivity (Wildman–Crippen MR) is 61.6 cm³/mol. The van der Waals surface area contributed by atoms with Crippen LogP contribution in [0.15, 0.2) is 30.3 Å². The maximum Gasteiger partial charge on any atom is 0.0499 e. The summed E-state index contributed by atoms with van der Waals surface area (Å²) in [4.78, 5) is 0. The predicted octanol–water partition coefficient (Wildman–Crippen LogP) is 2.11. The molecular weight excluding hydrogens is 186 g/mol. The summed E-state index contributed by atoms with van der Waals surface area (Å²) in [6.07, 6.45) is 2.33. The molecule has 0 amide bonds. The summed E-state index contributed by atoms with van der Waals surface area (Å²) in [5.74, 6) is 0. The zero-order chi connectivity index (χ0) is 10.7. The Morgan fingerprint density at radius 2 is 2.00 bits per heavy atom. The fourth-order valence-electron chi connectivity index (χ4n) is 1.80. The minimum absolute atomic E-state index is 0.197. The molecule has 2 nitrogen and oxygen atoms in total. The number of aliphatic hydroxyl groups excluding tert-OH is 1. The lowest BCUT2D eigenvalue weighted by Gasteiger charge is -2.18. The van der Waals surface area contributed by atoms with Crippen LogP contribution in [0.2, 0.25) is 0 Å². The second-order valence-electron chi connectivity index (χ2n) is 4.67. The number of nitrogens with one attached hydrogen (secondary N) is 1. The van der Waals surface area contributed by atoms with Crippen molar-refractivity contribution in [2.45, 2.75) is 25.8 Å². The molecule has 82 valence electrons. The lowest BCUT2D eigenvalue weighted by Crippen LogP contribution is -2.28. The van der Waals surface area contributed by atoms with Crippen molar-refractivity contribution < 1.29 is 5.11 Å². The van der Waals surface area contributed by atoms with E-state index in [9.17, 15) is 5.11 Å². The highest BCUT2D eigenvalue weighted by molar-refractivity contribution is 5.18. The van der Waals surface area contributed by atoms with Gasteiger partial charge in [-0.25, -0.2) is 0 Å². The largest absolute Gasteiger partial charge is 0.396 e. The third kappa shape index (κ3) is 2.58. The molecule has 1 atom stereocenters. The monoisotopic (exact) mass is 205 g/mol.